The Morgan fingerprint density at radius 2 is 1.79 bits per heavy atom. The van der Waals surface area contributed by atoms with Crippen LogP contribution >= 0.6 is 31.9 Å². The van der Waals surface area contributed by atoms with Crippen LogP contribution in [0.15, 0.2) is 53.0 Å². The summed E-state index contributed by atoms with van der Waals surface area (Å²) in [6.45, 7) is 1.75. The van der Waals surface area contributed by atoms with Crippen molar-refractivity contribution in [3.63, 3.8) is 0 Å². The molecule has 0 spiro atoms. The fourth-order valence-corrected chi connectivity index (χ4v) is 2.74. The van der Waals surface area contributed by atoms with Crippen LogP contribution in [0, 0.1) is 0 Å². The average Bonchev–Trinajstić information content (AvgIpc) is 2.90. The maximum absolute atomic E-state index is 5.85. The van der Waals surface area contributed by atoms with Gasteiger partial charge in [-0.1, -0.05) is 62.2 Å². The number of ether oxygens (including phenoxy) is 2. The molecule has 0 amide bonds. The normalized spacial score (nSPS) is 16.1. The van der Waals surface area contributed by atoms with Gasteiger partial charge in [0.1, 0.15) is 5.60 Å². The van der Waals surface area contributed by atoms with Crippen molar-refractivity contribution in [2.45, 2.75) is 12.2 Å². The molecule has 19 heavy (non-hydrogen) atoms. The highest BCUT2D eigenvalue weighted by molar-refractivity contribution is 9.10. The zero-order chi connectivity index (χ0) is 13.6. The minimum absolute atomic E-state index is 0.295. The smallest absolute Gasteiger partial charge is 0.115 e. The van der Waals surface area contributed by atoms with Gasteiger partial charge in [0.25, 0.3) is 0 Å². The third kappa shape index (κ3) is 4.28. The van der Waals surface area contributed by atoms with Crippen LogP contribution in [-0.4, -0.2) is 24.1 Å². The molecule has 0 atom stereocenters. The number of hydrogen-bond acceptors (Lipinski definition) is 2. The van der Waals surface area contributed by atoms with E-state index in [0.717, 1.165) is 15.4 Å². The Kier molecular flexibility index (Phi) is 5.82. The number of allylic oxidation sites excluding steroid dienone is 2. The molecule has 0 N–H and O–H groups in total. The summed E-state index contributed by atoms with van der Waals surface area (Å²) in [5.74, 6) is 0. The lowest BCUT2D eigenvalue weighted by Crippen LogP contribution is -2.29. The Morgan fingerprint density at radius 1 is 1.05 bits per heavy atom. The SMILES string of the molecule is BrCC1(OCCOCc2ccccc2Br)C=CC=C1. The van der Waals surface area contributed by atoms with E-state index in [1.165, 1.54) is 0 Å². The van der Waals surface area contributed by atoms with Gasteiger partial charge in [0, 0.05) is 9.80 Å². The molecule has 0 aliphatic heterocycles. The Hall–Kier alpha value is -0.420. The van der Waals surface area contributed by atoms with Gasteiger partial charge in [-0.05, 0) is 23.8 Å². The summed E-state index contributed by atoms with van der Waals surface area (Å²) in [4.78, 5) is 0. The number of halogens is 2. The molecule has 2 nitrogen and oxygen atoms in total. The van der Waals surface area contributed by atoms with Crippen molar-refractivity contribution in [2.24, 2.45) is 0 Å². The first-order valence-electron chi connectivity index (χ1n) is 6.14. The minimum Gasteiger partial charge on any atom is -0.374 e. The van der Waals surface area contributed by atoms with Gasteiger partial charge in [-0.2, -0.15) is 0 Å². The summed E-state index contributed by atoms with van der Waals surface area (Å²) in [6, 6.07) is 8.07. The molecular formula is C15H16Br2O2. The van der Waals surface area contributed by atoms with Gasteiger partial charge < -0.3 is 9.47 Å². The second kappa shape index (κ2) is 7.39. The van der Waals surface area contributed by atoms with Crippen molar-refractivity contribution in [3.05, 3.63) is 58.6 Å². The maximum atomic E-state index is 5.85. The van der Waals surface area contributed by atoms with Crippen LogP contribution in [-0.2, 0) is 16.1 Å². The fourth-order valence-electron chi connectivity index (χ4n) is 1.80. The van der Waals surface area contributed by atoms with Crippen LogP contribution in [0.1, 0.15) is 5.56 Å². The van der Waals surface area contributed by atoms with Crippen molar-refractivity contribution in [1.82, 2.24) is 0 Å². The molecule has 0 fully saturated rings. The van der Waals surface area contributed by atoms with Crippen LogP contribution in [0.2, 0.25) is 0 Å². The second-order valence-corrected chi connectivity index (χ2v) is 5.71. The molecule has 1 aromatic rings. The highest BCUT2D eigenvalue weighted by Crippen LogP contribution is 2.23. The topological polar surface area (TPSA) is 18.5 Å². The van der Waals surface area contributed by atoms with Gasteiger partial charge in [0.2, 0.25) is 0 Å². The molecule has 2 rings (SSSR count). The molecule has 0 saturated heterocycles. The predicted molar refractivity (Wildman–Crippen MR) is 84.6 cm³/mol. The van der Waals surface area contributed by atoms with Gasteiger partial charge in [-0.25, -0.2) is 0 Å². The van der Waals surface area contributed by atoms with E-state index in [4.69, 9.17) is 9.47 Å². The van der Waals surface area contributed by atoms with Gasteiger partial charge in [0.15, 0.2) is 0 Å². The zero-order valence-corrected chi connectivity index (χ0v) is 13.7. The Balaban J connectivity index is 1.69. The van der Waals surface area contributed by atoms with E-state index in [2.05, 4.69) is 44.0 Å². The first kappa shape index (κ1) is 15.0. The molecule has 4 heteroatoms. The standard InChI is InChI=1S/C15H16Br2O2/c16-12-15(7-3-4-8-15)19-10-9-18-11-13-5-1-2-6-14(13)17/h1-8H,9-12H2. The Labute approximate surface area is 130 Å². The van der Waals surface area contributed by atoms with Crippen LogP contribution in [0.3, 0.4) is 0 Å². The molecule has 0 heterocycles. The molecule has 1 aliphatic rings. The molecular weight excluding hydrogens is 372 g/mol. The lowest BCUT2D eigenvalue weighted by molar-refractivity contribution is -0.00442. The molecule has 1 aromatic carbocycles. The van der Waals surface area contributed by atoms with Crippen molar-refractivity contribution < 1.29 is 9.47 Å². The third-order valence-corrected chi connectivity index (χ3v) is 4.54. The number of benzene rings is 1. The summed E-state index contributed by atoms with van der Waals surface area (Å²) >= 11 is 6.98. The Morgan fingerprint density at radius 3 is 2.47 bits per heavy atom. The van der Waals surface area contributed by atoms with E-state index >= 15 is 0 Å². The largest absolute Gasteiger partial charge is 0.374 e. The minimum atomic E-state index is -0.295. The maximum Gasteiger partial charge on any atom is 0.115 e. The van der Waals surface area contributed by atoms with Crippen molar-refractivity contribution in [2.75, 3.05) is 18.5 Å². The first-order chi connectivity index (χ1) is 9.26. The van der Waals surface area contributed by atoms with E-state index in [9.17, 15) is 0 Å². The number of hydrogen-bond donors (Lipinski definition) is 0. The van der Waals surface area contributed by atoms with Gasteiger partial charge >= 0.3 is 0 Å². The number of rotatable bonds is 7. The second-order valence-electron chi connectivity index (χ2n) is 4.30. The zero-order valence-electron chi connectivity index (χ0n) is 10.5. The summed E-state index contributed by atoms with van der Waals surface area (Å²) in [6.07, 6.45) is 8.11. The lowest BCUT2D eigenvalue weighted by atomic mass is 10.1. The predicted octanol–water partition coefficient (Wildman–Crippen LogP) is 4.24. The Bertz CT molecular complexity index is 457. The summed E-state index contributed by atoms with van der Waals surface area (Å²) < 4.78 is 12.6. The van der Waals surface area contributed by atoms with Crippen molar-refractivity contribution >= 4 is 31.9 Å². The van der Waals surface area contributed by atoms with Crippen LogP contribution in [0.5, 0.6) is 0 Å². The lowest BCUT2D eigenvalue weighted by Gasteiger charge is -2.23. The van der Waals surface area contributed by atoms with E-state index in [1.54, 1.807) is 0 Å². The molecule has 0 bridgehead atoms. The molecule has 0 saturated carbocycles. The summed E-state index contributed by atoms with van der Waals surface area (Å²) in [5.41, 5.74) is 0.856. The molecule has 0 radical (unpaired) electrons. The highest BCUT2D eigenvalue weighted by Gasteiger charge is 2.25. The highest BCUT2D eigenvalue weighted by atomic mass is 79.9. The molecule has 0 unspecified atom stereocenters. The van der Waals surface area contributed by atoms with Crippen LogP contribution < -0.4 is 0 Å². The van der Waals surface area contributed by atoms with Gasteiger partial charge in [-0.3, -0.25) is 0 Å². The monoisotopic (exact) mass is 386 g/mol. The van der Waals surface area contributed by atoms with Crippen molar-refractivity contribution in [1.29, 1.82) is 0 Å². The summed E-state index contributed by atoms with van der Waals surface area (Å²) in [5, 5.41) is 0.761. The van der Waals surface area contributed by atoms with Gasteiger partial charge in [-0.15, -0.1) is 0 Å². The first-order valence-corrected chi connectivity index (χ1v) is 8.05. The van der Waals surface area contributed by atoms with E-state index in [0.29, 0.717) is 19.8 Å². The average molecular weight is 388 g/mol. The molecule has 1 aliphatic carbocycles. The third-order valence-electron chi connectivity index (χ3n) is 2.89. The van der Waals surface area contributed by atoms with E-state index < -0.39 is 0 Å². The fraction of sp³-hybridized carbons (Fsp3) is 0.333. The van der Waals surface area contributed by atoms with Crippen LogP contribution in [0.25, 0.3) is 0 Å². The summed E-state index contributed by atoms with van der Waals surface area (Å²) in [7, 11) is 0. The molecule has 0 aromatic heterocycles. The van der Waals surface area contributed by atoms with E-state index in [1.807, 2.05) is 36.4 Å². The molecule has 102 valence electrons. The van der Waals surface area contributed by atoms with Crippen LogP contribution in [0.4, 0.5) is 0 Å². The van der Waals surface area contributed by atoms with Crippen molar-refractivity contribution in [3.8, 4) is 0 Å². The number of alkyl halides is 1. The van der Waals surface area contributed by atoms with E-state index in [-0.39, 0.29) is 5.60 Å². The van der Waals surface area contributed by atoms with Gasteiger partial charge in [0.05, 0.1) is 19.8 Å². The quantitative estimate of drug-likeness (QED) is 0.514.